The summed E-state index contributed by atoms with van der Waals surface area (Å²) in [4.78, 5) is 1.23. The highest BCUT2D eigenvalue weighted by Gasteiger charge is 2.15. The first kappa shape index (κ1) is 17.2. The average Bonchev–Trinajstić information content (AvgIpc) is 3.13. The van der Waals surface area contributed by atoms with E-state index in [9.17, 15) is 4.39 Å². The number of hydrogen-bond donors (Lipinski definition) is 0. The Morgan fingerprint density at radius 3 is 2.88 bits per heavy atom. The maximum Gasteiger partial charge on any atom is 0.192 e. The molecule has 0 spiro atoms. The Morgan fingerprint density at radius 1 is 1.38 bits per heavy atom. The van der Waals surface area contributed by atoms with Crippen molar-refractivity contribution in [2.24, 2.45) is 0 Å². The number of aromatic nitrogens is 3. The van der Waals surface area contributed by atoms with E-state index in [1.54, 1.807) is 17.4 Å². The summed E-state index contributed by atoms with van der Waals surface area (Å²) in [6, 6.07) is 6.53. The molecule has 0 amide bonds. The Morgan fingerprint density at radius 2 is 2.21 bits per heavy atom. The van der Waals surface area contributed by atoms with Crippen LogP contribution in [0.5, 0.6) is 0 Å². The van der Waals surface area contributed by atoms with Crippen molar-refractivity contribution in [2.45, 2.75) is 24.4 Å². The summed E-state index contributed by atoms with van der Waals surface area (Å²) in [5.74, 6) is 1.09. The number of nitrogens with zero attached hydrogens (tertiary/aromatic N) is 3. The van der Waals surface area contributed by atoms with Gasteiger partial charge >= 0.3 is 0 Å². The first-order chi connectivity index (χ1) is 11.6. The Labute approximate surface area is 153 Å². The fourth-order valence-corrected chi connectivity index (χ4v) is 4.19. The minimum Gasteiger partial charge on any atom is -0.298 e. The highest BCUT2D eigenvalue weighted by atomic mass is 35.5. The number of rotatable bonds is 6. The maximum atomic E-state index is 13.1. The molecular weight excluding hydrogens is 365 g/mol. The molecule has 1 aromatic carbocycles. The molecule has 3 nitrogen and oxygen atoms in total. The summed E-state index contributed by atoms with van der Waals surface area (Å²) < 4.78 is 15.2. The third-order valence-electron chi connectivity index (χ3n) is 3.39. The van der Waals surface area contributed by atoms with E-state index < -0.39 is 0 Å². The second kappa shape index (κ2) is 7.51. The lowest BCUT2D eigenvalue weighted by molar-refractivity contribution is 0.627. The second-order valence-corrected chi connectivity index (χ2v) is 7.64. The van der Waals surface area contributed by atoms with Crippen LogP contribution in [0.1, 0.15) is 10.4 Å². The van der Waals surface area contributed by atoms with Crippen LogP contribution in [0.15, 0.2) is 47.5 Å². The van der Waals surface area contributed by atoms with E-state index in [0.717, 1.165) is 22.1 Å². The average molecular weight is 380 g/mol. The molecule has 0 bridgehead atoms. The summed E-state index contributed by atoms with van der Waals surface area (Å²) in [5.41, 5.74) is 1.92. The van der Waals surface area contributed by atoms with Gasteiger partial charge in [-0.25, -0.2) is 4.39 Å². The molecule has 124 valence electrons. The smallest absolute Gasteiger partial charge is 0.192 e. The SMILES string of the molecule is C=CCn1c(SCc2ccc(F)cc2Cl)nnc1-c1csc(C)c1. The zero-order valence-electron chi connectivity index (χ0n) is 13.0. The van der Waals surface area contributed by atoms with E-state index in [1.165, 1.54) is 28.8 Å². The number of allylic oxidation sites excluding steroid dienone is 1. The minimum absolute atomic E-state index is 0.335. The van der Waals surface area contributed by atoms with Gasteiger partial charge in [-0.1, -0.05) is 35.5 Å². The highest BCUT2D eigenvalue weighted by molar-refractivity contribution is 7.98. The summed E-state index contributed by atoms with van der Waals surface area (Å²) in [7, 11) is 0. The zero-order valence-corrected chi connectivity index (χ0v) is 15.4. The number of aryl methyl sites for hydroxylation is 1. The van der Waals surface area contributed by atoms with Crippen molar-refractivity contribution < 1.29 is 4.39 Å². The molecular formula is C17H15ClFN3S2. The first-order valence-electron chi connectivity index (χ1n) is 7.25. The molecule has 24 heavy (non-hydrogen) atoms. The van der Waals surface area contributed by atoms with Crippen molar-refractivity contribution in [3.8, 4) is 11.4 Å². The minimum atomic E-state index is -0.335. The van der Waals surface area contributed by atoms with Gasteiger partial charge in [-0.3, -0.25) is 4.57 Å². The summed E-state index contributed by atoms with van der Waals surface area (Å²) >= 11 is 9.29. The number of thiophene rings is 1. The van der Waals surface area contributed by atoms with Crippen LogP contribution in [-0.4, -0.2) is 14.8 Å². The van der Waals surface area contributed by atoms with Crippen LogP contribution >= 0.6 is 34.7 Å². The molecule has 2 heterocycles. The van der Waals surface area contributed by atoms with Crippen molar-refractivity contribution in [3.63, 3.8) is 0 Å². The largest absolute Gasteiger partial charge is 0.298 e. The van der Waals surface area contributed by atoms with Gasteiger partial charge in [0.15, 0.2) is 11.0 Å². The Balaban J connectivity index is 1.85. The van der Waals surface area contributed by atoms with Crippen molar-refractivity contribution >= 4 is 34.7 Å². The van der Waals surface area contributed by atoms with Crippen LogP contribution in [-0.2, 0) is 12.3 Å². The van der Waals surface area contributed by atoms with E-state index in [4.69, 9.17) is 11.6 Å². The monoisotopic (exact) mass is 379 g/mol. The number of thioether (sulfide) groups is 1. The summed E-state index contributed by atoms with van der Waals surface area (Å²) in [6.45, 7) is 6.50. The van der Waals surface area contributed by atoms with Crippen LogP contribution in [0.2, 0.25) is 5.02 Å². The molecule has 3 aromatic rings. The predicted molar refractivity (Wildman–Crippen MR) is 99.2 cm³/mol. The van der Waals surface area contributed by atoms with Gasteiger partial charge in [-0.2, -0.15) is 0 Å². The van der Waals surface area contributed by atoms with E-state index in [1.807, 2.05) is 10.6 Å². The van der Waals surface area contributed by atoms with E-state index in [-0.39, 0.29) is 5.82 Å². The first-order valence-corrected chi connectivity index (χ1v) is 9.49. The van der Waals surface area contributed by atoms with Crippen molar-refractivity contribution in [1.29, 1.82) is 0 Å². The maximum absolute atomic E-state index is 13.1. The fraction of sp³-hybridized carbons (Fsp3) is 0.176. The van der Waals surface area contributed by atoms with Crippen molar-refractivity contribution in [3.05, 3.63) is 63.6 Å². The molecule has 0 aliphatic heterocycles. The van der Waals surface area contributed by atoms with Crippen LogP contribution < -0.4 is 0 Å². The Kier molecular flexibility index (Phi) is 5.38. The number of benzene rings is 1. The standard InChI is InChI=1S/C17H15ClFN3S2/c1-3-6-22-16(13-7-11(2)23-10-13)20-21-17(22)24-9-12-4-5-14(19)8-15(12)18/h3-5,7-8,10H,1,6,9H2,2H3. The molecule has 0 radical (unpaired) electrons. The summed E-state index contributed by atoms with van der Waals surface area (Å²) in [5, 5.41) is 11.9. The van der Waals surface area contributed by atoms with Gasteiger partial charge in [0.05, 0.1) is 0 Å². The van der Waals surface area contributed by atoms with Gasteiger partial charge in [0, 0.05) is 33.1 Å². The lowest BCUT2D eigenvalue weighted by atomic mass is 10.2. The van der Waals surface area contributed by atoms with Crippen molar-refractivity contribution in [2.75, 3.05) is 0 Å². The lowest BCUT2D eigenvalue weighted by Gasteiger charge is -2.07. The molecule has 2 aromatic heterocycles. The van der Waals surface area contributed by atoms with Gasteiger partial charge in [0.1, 0.15) is 5.82 Å². The lowest BCUT2D eigenvalue weighted by Crippen LogP contribution is -2.00. The summed E-state index contributed by atoms with van der Waals surface area (Å²) in [6.07, 6.45) is 1.82. The fourth-order valence-electron chi connectivity index (χ4n) is 2.24. The van der Waals surface area contributed by atoms with E-state index in [2.05, 4.69) is 35.1 Å². The van der Waals surface area contributed by atoms with Crippen LogP contribution in [0.25, 0.3) is 11.4 Å². The van der Waals surface area contributed by atoms with Gasteiger partial charge in [-0.15, -0.1) is 28.1 Å². The highest BCUT2D eigenvalue weighted by Crippen LogP contribution is 2.30. The molecule has 0 aliphatic rings. The molecule has 0 unspecified atom stereocenters. The topological polar surface area (TPSA) is 30.7 Å². The van der Waals surface area contributed by atoms with E-state index >= 15 is 0 Å². The van der Waals surface area contributed by atoms with Gasteiger partial charge in [0.2, 0.25) is 0 Å². The van der Waals surface area contributed by atoms with Crippen LogP contribution in [0.4, 0.5) is 4.39 Å². The number of halogens is 2. The third kappa shape index (κ3) is 3.71. The molecule has 7 heteroatoms. The molecule has 3 rings (SSSR count). The van der Waals surface area contributed by atoms with Crippen LogP contribution in [0, 0.1) is 12.7 Å². The van der Waals surface area contributed by atoms with Gasteiger partial charge in [-0.05, 0) is 30.7 Å². The van der Waals surface area contributed by atoms with Gasteiger partial charge in [0.25, 0.3) is 0 Å². The van der Waals surface area contributed by atoms with Gasteiger partial charge < -0.3 is 0 Å². The predicted octanol–water partition coefficient (Wildman–Crippen LogP) is 5.59. The molecule has 0 N–H and O–H groups in total. The van der Waals surface area contributed by atoms with E-state index in [0.29, 0.717) is 17.3 Å². The molecule has 0 aliphatic carbocycles. The molecule has 0 fully saturated rings. The normalized spacial score (nSPS) is 11.0. The molecule has 0 saturated carbocycles. The Bertz CT molecular complexity index is 873. The molecule has 0 atom stereocenters. The van der Waals surface area contributed by atoms with Crippen molar-refractivity contribution in [1.82, 2.24) is 14.8 Å². The Hall–Kier alpha value is -1.63. The second-order valence-electron chi connectivity index (χ2n) is 5.18. The van der Waals surface area contributed by atoms with Crippen LogP contribution in [0.3, 0.4) is 0 Å². The quantitative estimate of drug-likeness (QED) is 0.413. The third-order valence-corrected chi connectivity index (χ3v) is 5.62. The number of hydrogen-bond acceptors (Lipinski definition) is 4. The molecule has 0 saturated heterocycles. The zero-order chi connectivity index (χ0) is 17.1.